The Labute approximate surface area is 196 Å². The van der Waals surface area contributed by atoms with E-state index in [0.717, 1.165) is 38.0 Å². The first-order valence-corrected chi connectivity index (χ1v) is 12.4. The van der Waals surface area contributed by atoms with E-state index in [1.54, 1.807) is 0 Å². The van der Waals surface area contributed by atoms with Crippen molar-refractivity contribution in [2.24, 2.45) is 23.7 Å². The van der Waals surface area contributed by atoms with Gasteiger partial charge in [-0.05, 0) is 53.9 Å². The van der Waals surface area contributed by atoms with Gasteiger partial charge in [-0.1, -0.05) is 67.9 Å². The molecule has 1 saturated carbocycles. The molecule has 3 saturated heterocycles. The second-order valence-electron chi connectivity index (χ2n) is 10.4. The molecule has 32 heavy (non-hydrogen) atoms. The number of benzene rings is 2. The molecule has 0 spiro atoms. The molecule has 6 rings (SSSR count). The summed E-state index contributed by atoms with van der Waals surface area (Å²) in [5.41, 5.74) is 1.85. The number of carbonyl (C=O) groups excluding carboxylic acids is 1. The molecule has 4 aliphatic rings. The molecule has 170 valence electrons. The van der Waals surface area contributed by atoms with Crippen LogP contribution in [0.1, 0.15) is 31.4 Å². The van der Waals surface area contributed by atoms with Crippen LogP contribution in [0, 0.1) is 23.7 Å². The van der Waals surface area contributed by atoms with E-state index in [0.29, 0.717) is 35.4 Å². The zero-order valence-corrected chi connectivity index (χ0v) is 19.8. The molecular weight excluding hydrogens is 418 g/mol. The molecule has 1 aliphatic carbocycles. The Morgan fingerprint density at radius 3 is 2.72 bits per heavy atom. The summed E-state index contributed by atoms with van der Waals surface area (Å²) in [5, 5.41) is 7.74. The molecule has 4 nitrogen and oxygen atoms in total. The minimum atomic E-state index is -0.510. The lowest BCUT2D eigenvalue weighted by atomic mass is 9.58. The summed E-state index contributed by atoms with van der Waals surface area (Å²) in [6.45, 7) is 8.30. The minimum absolute atomic E-state index is 0.151. The van der Waals surface area contributed by atoms with Gasteiger partial charge in [-0.2, -0.15) is 0 Å². The van der Waals surface area contributed by atoms with Crippen molar-refractivity contribution in [2.45, 2.75) is 44.8 Å². The van der Waals surface area contributed by atoms with Crippen molar-refractivity contribution in [2.75, 3.05) is 19.6 Å². The Balaban J connectivity index is 1.43. The highest BCUT2D eigenvalue weighted by molar-refractivity contribution is 6.30. The monoisotopic (exact) mass is 451 g/mol. The van der Waals surface area contributed by atoms with Crippen LogP contribution in [0.3, 0.4) is 0 Å². The molecule has 2 N–H and O–H groups in total. The highest BCUT2D eigenvalue weighted by Gasteiger charge is 2.64. The van der Waals surface area contributed by atoms with Gasteiger partial charge < -0.3 is 10.6 Å². The van der Waals surface area contributed by atoms with Gasteiger partial charge in [0.05, 0.1) is 0 Å². The molecule has 5 atom stereocenters. The van der Waals surface area contributed by atoms with Gasteiger partial charge in [-0.25, -0.2) is 0 Å². The number of fused-ring (bicyclic) bond motifs is 1. The van der Waals surface area contributed by atoms with E-state index >= 15 is 0 Å². The molecule has 0 aromatic heterocycles. The number of rotatable bonds is 7. The minimum Gasteiger partial charge on any atom is -0.350 e. The number of hydrogen-bond donors (Lipinski definition) is 2. The molecule has 4 bridgehead atoms. The maximum Gasteiger partial charge on any atom is 0.240 e. The lowest BCUT2D eigenvalue weighted by Crippen LogP contribution is -2.74. The Kier molecular flexibility index (Phi) is 6.04. The summed E-state index contributed by atoms with van der Waals surface area (Å²) < 4.78 is 0. The highest BCUT2D eigenvalue weighted by atomic mass is 35.5. The van der Waals surface area contributed by atoms with Gasteiger partial charge in [0, 0.05) is 43.2 Å². The summed E-state index contributed by atoms with van der Waals surface area (Å²) in [7, 11) is 0. The van der Waals surface area contributed by atoms with E-state index in [1.165, 1.54) is 5.56 Å². The molecule has 5 heteroatoms. The summed E-state index contributed by atoms with van der Waals surface area (Å²) in [6.07, 6.45) is 1.86. The van der Waals surface area contributed by atoms with Crippen molar-refractivity contribution in [3.05, 3.63) is 70.7 Å². The normalized spacial score (nSPS) is 31.2. The van der Waals surface area contributed by atoms with Gasteiger partial charge in [0.25, 0.3) is 0 Å². The van der Waals surface area contributed by atoms with Crippen molar-refractivity contribution < 1.29 is 4.79 Å². The smallest absolute Gasteiger partial charge is 0.240 e. The van der Waals surface area contributed by atoms with E-state index in [2.05, 4.69) is 59.7 Å². The molecular formula is C27H34ClN3O. The number of nitrogens with zero attached hydrogens (tertiary/aromatic N) is 1. The van der Waals surface area contributed by atoms with Crippen molar-refractivity contribution in [3.8, 4) is 0 Å². The van der Waals surface area contributed by atoms with E-state index in [4.69, 9.17) is 11.6 Å². The Hall–Kier alpha value is -1.88. The SMILES string of the molecule is CC(C)CN1C[C@H]2C[C@]3(C(=O)NCc4cccc(Cl)c4)NC[C@H]2[C@H]1[C@H]3Cc1ccccc1. The third-order valence-electron chi connectivity index (χ3n) is 7.86. The summed E-state index contributed by atoms with van der Waals surface area (Å²) >= 11 is 6.16. The zero-order valence-electron chi connectivity index (χ0n) is 19.1. The predicted molar refractivity (Wildman–Crippen MR) is 129 cm³/mol. The number of likely N-dealkylation sites (tertiary alicyclic amines) is 1. The largest absolute Gasteiger partial charge is 0.350 e. The van der Waals surface area contributed by atoms with E-state index in [1.807, 2.05) is 24.3 Å². The molecule has 1 amide bonds. The van der Waals surface area contributed by atoms with Crippen LogP contribution in [0.4, 0.5) is 0 Å². The quantitative estimate of drug-likeness (QED) is 0.665. The van der Waals surface area contributed by atoms with Crippen LogP contribution in [0.15, 0.2) is 54.6 Å². The van der Waals surface area contributed by atoms with E-state index < -0.39 is 5.54 Å². The van der Waals surface area contributed by atoms with Crippen LogP contribution in [0.5, 0.6) is 0 Å². The van der Waals surface area contributed by atoms with E-state index in [9.17, 15) is 4.79 Å². The fourth-order valence-electron chi connectivity index (χ4n) is 6.68. The predicted octanol–water partition coefficient (Wildman–Crippen LogP) is 4.13. The van der Waals surface area contributed by atoms with Crippen molar-refractivity contribution >= 4 is 17.5 Å². The van der Waals surface area contributed by atoms with Crippen LogP contribution >= 0.6 is 11.6 Å². The van der Waals surface area contributed by atoms with Crippen LogP contribution < -0.4 is 10.6 Å². The maximum absolute atomic E-state index is 13.9. The number of nitrogens with one attached hydrogen (secondary N) is 2. The molecule has 3 heterocycles. The van der Waals surface area contributed by atoms with Gasteiger partial charge in [0.15, 0.2) is 0 Å². The molecule has 0 radical (unpaired) electrons. The Morgan fingerprint density at radius 2 is 1.97 bits per heavy atom. The zero-order chi connectivity index (χ0) is 22.3. The van der Waals surface area contributed by atoms with Gasteiger partial charge >= 0.3 is 0 Å². The second kappa shape index (κ2) is 8.81. The average Bonchev–Trinajstić information content (AvgIpc) is 3.07. The second-order valence-corrected chi connectivity index (χ2v) is 10.9. The first-order chi connectivity index (χ1) is 15.5. The molecule has 4 fully saturated rings. The Bertz CT molecular complexity index is 964. The first kappa shape index (κ1) is 21.9. The molecule has 2 aromatic carbocycles. The van der Waals surface area contributed by atoms with Crippen LogP contribution in [-0.2, 0) is 17.8 Å². The number of halogens is 1. The standard InChI is InChI=1S/C27H34ClN3O/c1-18(2)16-31-17-21-13-27(26(32)29-14-20-9-6-10-22(28)11-20)24(25(31)23(21)15-30-27)12-19-7-4-3-5-8-19/h3-11,18,21,23-25,30H,12-17H2,1-2H3,(H,29,32)/t21-,23-,24-,25+,27+/m1/s1. The number of hydrogen-bond acceptors (Lipinski definition) is 3. The van der Waals surface area contributed by atoms with Crippen molar-refractivity contribution in [1.82, 2.24) is 15.5 Å². The third-order valence-corrected chi connectivity index (χ3v) is 8.10. The van der Waals surface area contributed by atoms with Gasteiger partial charge in [-0.15, -0.1) is 0 Å². The van der Waals surface area contributed by atoms with Crippen LogP contribution in [0.25, 0.3) is 0 Å². The first-order valence-electron chi connectivity index (χ1n) is 12.0. The Morgan fingerprint density at radius 1 is 1.19 bits per heavy atom. The number of amides is 1. The van der Waals surface area contributed by atoms with Crippen molar-refractivity contribution in [1.29, 1.82) is 0 Å². The summed E-state index contributed by atoms with van der Waals surface area (Å²) in [5.74, 6) is 2.29. The lowest BCUT2D eigenvalue weighted by Gasteiger charge is -2.56. The molecule has 0 unspecified atom stereocenters. The van der Waals surface area contributed by atoms with Crippen LogP contribution in [0.2, 0.25) is 5.02 Å². The van der Waals surface area contributed by atoms with Gasteiger partial charge in [0.1, 0.15) is 5.54 Å². The average molecular weight is 452 g/mol. The third kappa shape index (κ3) is 3.98. The summed E-state index contributed by atoms with van der Waals surface area (Å²) in [6, 6.07) is 18.9. The van der Waals surface area contributed by atoms with E-state index in [-0.39, 0.29) is 11.8 Å². The fourth-order valence-corrected chi connectivity index (χ4v) is 6.89. The van der Waals surface area contributed by atoms with Gasteiger partial charge in [-0.3, -0.25) is 9.69 Å². The number of carbonyl (C=O) groups is 1. The molecule has 3 aliphatic heterocycles. The number of piperidine rings is 2. The fraction of sp³-hybridized carbons (Fsp3) is 0.519. The van der Waals surface area contributed by atoms with Crippen molar-refractivity contribution in [3.63, 3.8) is 0 Å². The van der Waals surface area contributed by atoms with Gasteiger partial charge in [0.2, 0.25) is 5.91 Å². The maximum atomic E-state index is 13.9. The topological polar surface area (TPSA) is 44.4 Å². The van der Waals surface area contributed by atoms with Crippen LogP contribution in [-0.4, -0.2) is 42.0 Å². The summed E-state index contributed by atoms with van der Waals surface area (Å²) in [4.78, 5) is 16.6. The lowest BCUT2D eigenvalue weighted by molar-refractivity contribution is -0.138. The molecule has 2 aromatic rings. The highest BCUT2D eigenvalue weighted by Crippen LogP contribution is 2.53.